The predicted octanol–water partition coefficient (Wildman–Crippen LogP) is 2.58. The van der Waals surface area contributed by atoms with E-state index in [0.29, 0.717) is 19.1 Å². The molecule has 2 rings (SSSR count). The quantitative estimate of drug-likeness (QED) is 0.843. The summed E-state index contributed by atoms with van der Waals surface area (Å²) in [5.41, 5.74) is 7.17. The van der Waals surface area contributed by atoms with Gasteiger partial charge in [0.25, 0.3) is 0 Å². The summed E-state index contributed by atoms with van der Waals surface area (Å²) >= 11 is 5.94. The molecule has 1 aliphatic rings. The Hall–Kier alpha value is -0.610. The number of rotatable bonds is 6. The van der Waals surface area contributed by atoms with Crippen LogP contribution in [-0.2, 0) is 0 Å². The van der Waals surface area contributed by atoms with E-state index in [9.17, 15) is 5.11 Å². The minimum atomic E-state index is 0.174. The van der Waals surface area contributed by atoms with Crippen LogP contribution in [0.1, 0.15) is 37.3 Å². The molecule has 19 heavy (non-hydrogen) atoms. The van der Waals surface area contributed by atoms with Crippen molar-refractivity contribution >= 4 is 11.6 Å². The van der Waals surface area contributed by atoms with E-state index < -0.39 is 0 Å². The molecule has 0 amide bonds. The number of halogens is 1. The highest BCUT2D eigenvalue weighted by atomic mass is 35.5. The lowest BCUT2D eigenvalue weighted by Crippen LogP contribution is -2.41. The van der Waals surface area contributed by atoms with Gasteiger partial charge in [0, 0.05) is 30.2 Å². The summed E-state index contributed by atoms with van der Waals surface area (Å²) < 4.78 is 0. The molecule has 0 saturated heterocycles. The molecule has 1 atom stereocenters. The predicted molar refractivity (Wildman–Crippen MR) is 79.3 cm³/mol. The van der Waals surface area contributed by atoms with Crippen LogP contribution in [0.2, 0.25) is 5.02 Å². The average molecular weight is 283 g/mol. The Kier molecular flexibility index (Phi) is 5.64. The van der Waals surface area contributed by atoms with Gasteiger partial charge in [-0.3, -0.25) is 4.90 Å². The largest absolute Gasteiger partial charge is 0.395 e. The molecule has 3 N–H and O–H groups in total. The van der Waals surface area contributed by atoms with Gasteiger partial charge >= 0.3 is 0 Å². The highest BCUT2D eigenvalue weighted by Gasteiger charge is 2.28. The van der Waals surface area contributed by atoms with Gasteiger partial charge in [0.1, 0.15) is 0 Å². The number of benzene rings is 1. The molecule has 106 valence electrons. The maximum absolute atomic E-state index is 9.33. The van der Waals surface area contributed by atoms with Crippen molar-refractivity contribution in [2.75, 3.05) is 19.7 Å². The van der Waals surface area contributed by atoms with Gasteiger partial charge in [-0.25, -0.2) is 0 Å². The van der Waals surface area contributed by atoms with Crippen LogP contribution in [0.4, 0.5) is 0 Å². The molecular weight excluding hydrogens is 260 g/mol. The summed E-state index contributed by atoms with van der Waals surface area (Å²) in [5, 5.41) is 10.1. The van der Waals surface area contributed by atoms with E-state index in [4.69, 9.17) is 17.3 Å². The summed E-state index contributed by atoms with van der Waals surface area (Å²) in [7, 11) is 0. The number of nitrogens with zero attached hydrogens (tertiary/aromatic N) is 1. The third-order valence-electron chi connectivity index (χ3n) is 4.03. The Morgan fingerprint density at radius 2 is 1.89 bits per heavy atom. The summed E-state index contributed by atoms with van der Waals surface area (Å²) in [4.78, 5) is 2.37. The Labute approximate surface area is 120 Å². The summed E-state index contributed by atoms with van der Waals surface area (Å²) in [5.74, 6) is 0. The van der Waals surface area contributed by atoms with Crippen molar-refractivity contribution in [1.82, 2.24) is 4.90 Å². The first-order valence-electron chi connectivity index (χ1n) is 7.08. The fourth-order valence-electron chi connectivity index (χ4n) is 3.09. The van der Waals surface area contributed by atoms with Gasteiger partial charge in [-0.15, -0.1) is 0 Å². The molecule has 1 saturated carbocycles. The topological polar surface area (TPSA) is 49.5 Å². The lowest BCUT2D eigenvalue weighted by molar-refractivity contribution is 0.107. The Morgan fingerprint density at radius 1 is 1.26 bits per heavy atom. The zero-order chi connectivity index (χ0) is 13.7. The molecule has 0 spiro atoms. The van der Waals surface area contributed by atoms with Crippen LogP contribution in [0.15, 0.2) is 24.3 Å². The minimum Gasteiger partial charge on any atom is -0.395 e. The van der Waals surface area contributed by atoms with Crippen LogP contribution >= 0.6 is 11.6 Å². The highest BCUT2D eigenvalue weighted by molar-refractivity contribution is 6.30. The van der Waals surface area contributed by atoms with Gasteiger partial charge in [-0.05, 0) is 30.5 Å². The molecule has 1 fully saturated rings. The molecule has 1 unspecified atom stereocenters. The molecule has 1 aromatic carbocycles. The van der Waals surface area contributed by atoms with Crippen LogP contribution in [0, 0.1) is 0 Å². The maximum atomic E-state index is 9.33. The first-order chi connectivity index (χ1) is 9.26. The molecule has 1 aromatic rings. The fourth-order valence-corrected chi connectivity index (χ4v) is 3.22. The van der Waals surface area contributed by atoms with Crippen LogP contribution in [0.25, 0.3) is 0 Å². The van der Waals surface area contributed by atoms with Crippen molar-refractivity contribution in [3.63, 3.8) is 0 Å². The first-order valence-corrected chi connectivity index (χ1v) is 7.46. The smallest absolute Gasteiger partial charge is 0.0558 e. The van der Waals surface area contributed by atoms with Crippen molar-refractivity contribution in [3.8, 4) is 0 Å². The second-order valence-electron chi connectivity index (χ2n) is 5.20. The third-order valence-corrected chi connectivity index (χ3v) is 4.28. The van der Waals surface area contributed by atoms with E-state index in [1.807, 2.05) is 24.3 Å². The Balaban J connectivity index is 2.18. The van der Waals surface area contributed by atoms with E-state index >= 15 is 0 Å². The van der Waals surface area contributed by atoms with E-state index in [2.05, 4.69) is 4.90 Å². The molecule has 0 aromatic heterocycles. The molecule has 4 heteroatoms. The first kappa shape index (κ1) is 14.8. The zero-order valence-corrected chi connectivity index (χ0v) is 12.0. The average Bonchev–Trinajstić information content (AvgIpc) is 2.94. The lowest BCUT2D eigenvalue weighted by atomic mass is 10.0. The second kappa shape index (κ2) is 7.25. The van der Waals surface area contributed by atoms with E-state index in [1.165, 1.54) is 31.2 Å². The van der Waals surface area contributed by atoms with Gasteiger partial charge < -0.3 is 10.8 Å². The van der Waals surface area contributed by atoms with Crippen LogP contribution in [0.5, 0.6) is 0 Å². The zero-order valence-electron chi connectivity index (χ0n) is 11.3. The van der Waals surface area contributed by atoms with Crippen LogP contribution in [-0.4, -0.2) is 35.7 Å². The lowest BCUT2D eigenvalue weighted by Gasteiger charge is -2.35. The summed E-state index contributed by atoms with van der Waals surface area (Å²) in [6.07, 6.45) is 4.99. The van der Waals surface area contributed by atoms with Crippen molar-refractivity contribution in [3.05, 3.63) is 34.9 Å². The molecule has 0 radical (unpaired) electrons. The molecule has 0 heterocycles. The van der Waals surface area contributed by atoms with Crippen LogP contribution < -0.4 is 5.73 Å². The molecule has 3 nitrogen and oxygen atoms in total. The van der Waals surface area contributed by atoms with Crippen molar-refractivity contribution < 1.29 is 5.11 Å². The third kappa shape index (κ3) is 3.69. The highest BCUT2D eigenvalue weighted by Crippen LogP contribution is 2.30. The standard InChI is InChI=1S/C15H23ClN2O/c16-13-7-5-12(6-8-13)15(11-17)18(9-10-19)14-3-1-2-4-14/h5-8,14-15,19H,1-4,9-11,17H2. The molecular formula is C15H23ClN2O. The van der Waals surface area contributed by atoms with Gasteiger partial charge in [0.15, 0.2) is 0 Å². The van der Waals surface area contributed by atoms with E-state index in [1.54, 1.807) is 0 Å². The van der Waals surface area contributed by atoms with Gasteiger partial charge in [0.2, 0.25) is 0 Å². The normalized spacial score (nSPS) is 18.1. The number of aliphatic hydroxyl groups excluding tert-OH is 1. The number of aliphatic hydroxyl groups is 1. The Bertz CT molecular complexity index is 376. The van der Waals surface area contributed by atoms with Crippen molar-refractivity contribution in [2.24, 2.45) is 5.73 Å². The van der Waals surface area contributed by atoms with Crippen LogP contribution in [0.3, 0.4) is 0 Å². The monoisotopic (exact) mass is 282 g/mol. The van der Waals surface area contributed by atoms with Gasteiger partial charge in [0.05, 0.1) is 6.61 Å². The molecule has 0 bridgehead atoms. The SMILES string of the molecule is NCC(c1ccc(Cl)cc1)N(CCO)C1CCCC1. The van der Waals surface area contributed by atoms with E-state index in [-0.39, 0.29) is 12.6 Å². The minimum absolute atomic E-state index is 0.174. The van der Waals surface area contributed by atoms with Crippen molar-refractivity contribution in [2.45, 2.75) is 37.8 Å². The molecule has 1 aliphatic carbocycles. The van der Waals surface area contributed by atoms with Crippen molar-refractivity contribution in [1.29, 1.82) is 0 Å². The van der Waals surface area contributed by atoms with Gasteiger partial charge in [-0.2, -0.15) is 0 Å². The van der Waals surface area contributed by atoms with E-state index in [0.717, 1.165) is 5.02 Å². The summed E-state index contributed by atoms with van der Waals surface area (Å²) in [6, 6.07) is 8.62. The molecule has 0 aliphatic heterocycles. The van der Waals surface area contributed by atoms with Gasteiger partial charge in [-0.1, -0.05) is 36.6 Å². The number of hydrogen-bond acceptors (Lipinski definition) is 3. The number of hydrogen-bond donors (Lipinski definition) is 2. The fraction of sp³-hybridized carbons (Fsp3) is 0.600. The summed E-state index contributed by atoms with van der Waals surface area (Å²) in [6.45, 7) is 1.44. The second-order valence-corrected chi connectivity index (χ2v) is 5.64. The Morgan fingerprint density at radius 3 is 2.42 bits per heavy atom. The maximum Gasteiger partial charge on any atom is 0.0558 e. The number of nitrogens with two attached hydrogens (primary N) is 1.